The molecule has 0 N–H and O–H groups in total. The van der Waals surface area contributed by atoms with E-state index in [0.29, 0.717) is 9.65 Å². The molecule has 0 aliphatic heterocycles. The molecule has 0 aromatic heterocycles. The Morgan fingerprint density at radius 2 is 0.744 bits per heavy atom. The van der Waals surface area contributed by atoms with Crippen LogP contribution in [0.25, 0.3) is 0 Å². The van der Waals surface area contributed by atoms with E-state index in [2.05, 4.69) is 101 Å². The average molecular weight is 741 g/mol. The van der Waals surface area contributed by atoms with Crippen LogP contribution < -0.4 is 0 Å². The van der Waals surface area contributed by atoms with Crippen molar-refractivity contribution in [3.63, 3.8) is 0 Å². The van der Waals surface area contributed by atoms with Gasteiger partial charge in [0.05, 0.1) is 0 Å². The van der Waals surface area contributed by atoms with E-state index in [4.69, 9.17) is 14.2 Å². The molecule has 0 aromatic carbocycles. The predicted molar refractivity (Wildman–Crippen MR) is 198 cm³/mol. The fourth-order valence-corrected chi connectivity index (χ4v) is 8.29. The quantitative estimate of drug-likeness (QED) is 0.0417. The number of rotatable bonds is 30. The van der Waals surface area contributed by atoms with Gasteiger partial charge in [-0.05, 0) is 113 Å². The first-order chi connectivity index (χ1) is 20.4. The summed E-state index contributed by atoms with van der Waals surface area (Å²) in [4.78, 5) is 1.23. The average Bonchev–Trinajstić information content (AvgIpc) is 2.87. The third kappa shape index (κ3) is 27.6. The van der Waals surface area contributed by atoms with Crippen LogP contribution in [0.4, 0.5) is 0 Å². The van der Waals surface area contributed by atoms with Gasteiger partial charge in [-0.2, -0.15) is 0 Å². The van der Waals surface area contributed by atoms with Gasteiger partial charge in [-0.1, -0.05) is 127 Å². The minimum atomic E-state index is -0.154. The molecule has 0 rings (SSSR count). The minimum Gasteiger partial charge on any atom is -0.353 e. The maximum Gasteiger partial charge on any atom is 0.160 e. The summed E-state index contributed by atoms with van der Waals surface area (Å²) in [6.07, 6.45) is 18.7. The van der Waals surface area contributed by atoms with Crippen LogP contribution >= 0.6 is 31.9 Å². The van der Waals surface area contributed by atoms with Crippen molar-refractivity contribution < 1.29 is 14.2 Å². The van der Waals surface area contributed by atoms with E-state index in [9.17, 15) is 0 Å². The van der Waals surface area contributed by atoms with Crippen molar-refractivity contribution in [2.75, 3.05) is 13.2 Å². The summed E-state index contributed by atoms with van der Waals surface area (Å²) in [5.74, 6) is 4.63. The Kier molecular flexibility index (Phi) is 28.5. The van der Waals surface area contributed by atoms with Crippen LogP contribution in [-0.4, -0.2) is 35.4 Å². The van der Waals surface area contributed by atoms with Crippen LogP contribution in [-0.2, 0) is 14.2 Å². The number of alkyl halides is 2. The molecule has 43 heavy (non-hydrogen) atoms. The molecular weight excluding hydrogens is 664 g/mol. The lowest BCUT2D eigenvalue weighted by Gasteiger charge is -2.27. The fraction of sp³-hybridized carbons (Fsp3) is 1.00. The molecule has 0 aliphatic carbocycles. The number of hydrogen-bond acceptors (Lipinski definition) is 3. The zero-order chi connectivity index (χ0) is 32.6. The highest BCUT2D eigenvalue weighted by atomic mass is 79.9. The second kappa shape index (κ2) is 27.9. The van der Waals surface area contributed by atoms with E-state index in [1.807, 2.05) is 0 Å². The SMILES string of the molecule is CCCCOC(CCCC(C)CC(C)CC(C)CC(C)Br)OC(CCCC(C)CC(C)CC(C)CC(C)Br)OCCCC. The van der Waals surface area contributed by atoms with Gasteiger partial charge < -0.3 is 14.2 Å². The summed E-state index contributed by atoms with van der Waals surface area (Å²) in [6.45, 7) is 25.1. The molecule has 3 nitrogen and oxygen atoms in total. The van der Waals surface area contributed by atoms with Crippen molar-refractivity contribution >= 4 is 31.9 Å². The number of ether oxygens (including phenoxy) is 3. The first-order valence-corrected chi connectivity index (χ1v) is 20.4. The van der Waals surface area contributed by atoms with Crippen molar-refractivity contribution in [1.82, 2.24) is 0 Å². The maximum atomic E-state index is 6.60. The van der Waals surface area contributed by atoms with Crippen LogP contribution in [0, 0.1) is 35.5 Å². The Morgan fingerprint density at radius 3 is 1.07 bits per heavy atom. The van der Waals surface area contributed by atoms with E-state index >= 15 is 0 Å². The van der Waals surface area contributed by atoms with Gasteiger partial charge in [0.2, 0.25) is 0 Å². The third-order valence-corrected chi connectivity index (χ3v) is 9.60. The molecule has 0 fully saturated rings. The van der Waals surface area contributed by atoms with Crippen molar-refractivity contribution in [3.05, 3.63) is 0 Å². The van der Waals surface area contributed by atoms with Gasteiger partial charge in [0.15, 0.2) is 12.6 Å². The van der Waals surface area contributed by atoms with Gasteiger partial charge in [0.25, 0.3) is 0 Å². The summed E-state index contributed by atoms with van der Waals surface area (Å²) in [7, 11) is 0. The van der Waals surface area contributed by atoms with Gasteiger partial charge in [-0.3, -0.25) is 0 Å². The molecule has 10 unspecified atom stereocenters. The van der Waals surface area contributed by atoms with Gasteiger partial charge in [0, 0.05) is 22.9 Å². The minimum absolute atomic E-state index is 0.154. The molecule has 0 amide bonds. The Bertz CT molecular complexity index is 552. The highest BCUT2D eigenvalue weighted by Gasteiger charge is 2.20. The Hall–Kier alpha value is 0.840. The number of unbranched alkanes of at least 4 members (excludes halogenated alkanes) is 2. The van der Waals surface area contributed by atoms with Crippen LogP contribution in [0.15, 0.2) is 0 Å². The largest absolute Gasteiger partial charge is 0.353 e. The molecule has 0 spiro atoms. The highest BCUT2D eigenvalue weighted by molar-refractivity contribution is 9.09. The number of halogens is 2. The van der Waals surface area contributed by atoms with Crippen LogP contribution in [0.2, 0.25) is 0 Å². The Labute approximate surface area is 287 Å². The third-order valence-electron chi connectivity index (χ3n) is 8.85. The smallest absolute Gasteiger partial charge is 0.160 e. The molecule has 0 heterocycles. The van der Waals surface area contributed by atoms with Crippen molar-refractivity contribution in [2.45, 2.75) is 194 Å². The lowest BCUT2D eigenvalue weighted by molar-refractivity contribution is -0.250. The Balaban J connectivity index is 4.83. The summed E-state index contributed by atoms with van der Waals surface area (Å²) >= 11 is 7.45. The highest BCUT2D eigenvalue weighted by Crippen LogP contribution is 2.28. The first kappa shape index (κ1) is 43.8. The molecule has 5 heteroatoms. The Morgan fingerprint density at radius 1 is 0.419 bits per heavy atom. The molecule has 260 valence electrons. The van der Waals surface area contributed by atoms with E-state index in [1.54, 1.807) is 0 Å². The molecule has 0 saturated carbocycles. The van der Waals surface area contributed by atoms with Crippen molar-refractivity contribution in [3.8, 4) is 0 Å². The molecular formula is C38H76Br2O3. The van der Waals surface area contributed by atoms with Gasteiger partial charge in [0.1, 0.15) is 0 Å². The lowest BCUT2D eigenvalue weighted by atomic mass is 9.86. The van der Waals surface area contributed by atoms with E-state index in [1.165, 1.54) is 51.4 Å². The van der Waals surface area contributed by atoms with E-state index in [0.717, 1.165) is 100 Å². The number of hydrogen-bond donors (Lipinski definition) is 0. The first-order valence-electron chi connectivity index (χ1n) is 18.5. The topological polar surface area (TPSA) is 27.7 Å². The van der Waals surface area contributed by atoms with Crippen LogP contribution in [0.5, 0.6) is 0 Å². The molecule has 0 aromatic rings. The summed E-state index contributed by atoms with van der Waals surface area (Å²) in [5.41, 5.74) is 0. The standard InChI is InChI=1S/C38H76Br2O3/c1-11-13-21-41-37(19-15-17-29(3)23-31(5)25-33(7)27-35(9)39)43-38(42-22-14-12-2)20-16-18-30(4)24-32(6)26-34(8)28-36(10)40/h29-38H,11-28H2,1-10H3. The van der Waals surface area contributed by atoms with Crippen LogP contribution in [0.1, 0.15) is 172 Å². The lowest BCUT2D eigenvalue weighted by Crippen LogP contribution is -2.28. The molecule has 0 bridgehead atoms. The molecule has 0 saturated heterocycles. The van der Waals surface area contributed by atoms with Gasteiger partial charge in [-0.15, -0.1) is 0 Å². The summed E-state index contributed by atoms with van der Waals surface area (Å²) in [6, 6.07) is 0. The zero-order valence-electron chi connectivity index (χ0n) is 30.5. The fourth-order valence-electron chi connectivity index (χ4n) is 7.01. The van der Waals surface area contributed by atoms with Crippen LogP contribution in [0.3, 0.4) is 0 Å². The van der Waals surface area contributed by atoms with Crippen molar-refractivity contribution in [2.24, 2.45) is 35.5 Å². The zero-order valence-corrected chi connectivity index (χ0v) is 33.7. The normalized spacial score (nSPS) is 19.3. The van der Waals surface area contributed by atoms with Gasteiger partial charge >= 0.3 is 0 Å². The second-order valence-corrected chi connectivity index (χ2v) is 18.0. The molecule has 10 atom stereocenters. The summed E-state index contributed by atoms with van der Waals surface area (Å²) in [5, 5.41) is 0. The molecule has 0 aliphatic rings. The molecule has 0 radical (unpaired) electrons. The monoisotopic (exact) mass is 738 g/mol. The predicted octanol–water partition coefficient (Wildman–Crippen LogP) is 13.4. The van der Waals surface area contributed by atoms with Gasteiger partial charge in [-0.25, -0.2) is 0 Å². The van der Waals surface area contributed by atoms with E-state index in [-0.39, 0.29) is 12.6 Å². The van der Waals surface area contributed by atoms with Crippen molar-refractivity contribution in [1.29, 1.82) is 0 Å². The second-order valence-electron chi connectivity index (χ2n) is 14.9. The van der Waals surface area contributed by atoms with E-state index < -0.39 is 0 Å². The maximum absolute atomic E-state index is 6.60. The summed E-state index contributed by atoms with van der Waals surface area (Å²) < 4.78 is 19.2.